The second kappa shape index (κ2) is 7.72. The lowest BCUT2D eigenvalue weighted by Crippen LogP contribution is -2.57. The van der Waals surface area contributed by atoms with Crippen LogP contribution in [0.5, 0.6) is 5.75 Å². The molecule has 2 heterocycles. The minimum absolute atomic E-state index is 0.0144. The van der Waals surface area contributed by atoms with Gasteiger partial charge in [0.05, 0.1) is 6.67 Å². The lowest BCUT2D eigenvalue weighted by molar-refractivity contribution is -0.275. The number of hydrogen-bond acceptors (Lipinski definition) is 5. The van der Waals surface area contributed by atoms with Gasteiger partial charge >= 0.3 is 6.36 Å². The molecule has 4 rings (SSSR count). The van der Waals surface area contributed by atoms with Gasteiger partial charge in [-0.3, -0.25) is 4.79 Å². The molecule has 0 aliphatic carbocycles. The number of piperidine rings is 1. The second-order valence-corrected chi connectivity index (χ2v) is 9.26. The number of ether oxygens (including phenoxy) is 1. The van der Waals surface area contributed by atoms with Crippen LogP contribution in [-0.4, -0.2) is 50.3 Å². The van der Waals surface area contributed by atoms with Gasteiger partial charge in [0.15, 0.2) is 0 Å². The highest BCUT2D eigenvalue weighted by Gasteiger charge is 2.52. The number of sulfonamides is 1. The third-order valence-electron chi connectivity index (χ3n) is 5.65. The Morgan fingerprint density at radius 2 is 1.58 bits per heavy atom. The highest BCUT2D eigenvalue weighted by molar-refractivity contribution is 7.89. The number of alkyl halides is 3. The fourth-order valence-corrected chi connectivity index (χ4v) is 5.70. The van der Waals surface area contributed by atoms with E-state index in [0.717, 1.165) is 22.1 Å². The van der Waals surface area contributed by atoms with Crippen molar-refractivity contribution in [2.75, 3.05) is 24.7 Å². The molecular weight excluding hydrogens is 435 g/mol. The van der Waals surface area contributed by atoms with Crippen LogP contribution in [-0.2, 0) is 14.8 Å². The molecule has 1 amide bonds. The summed E-state index contributed by atoms with van der Waals surface area (Å²) in [5.41, 5.74) is -0.0730. The number of halogens is 3. The number of para-hydroxylation sites is 2. The highest BCUT2D eigenvalue weighted by Crippen LogP contribution is 2.39. The maximum Gasteiger partial charge on any atom is 0.573 e. The Kier molecular flexibility index (Phi) is 5.34. The van der Waals surface area contributed by atoms with E-state index in [-0.39, 0.29) is 31.8 Å². The maximum absolute atomic E-state index is 13.1. The summed E-state index contributed by atoms with van der Waals surface area (Å²) in [5, 5.41) is 2.82. The molecule has 11 heteroatoms. The predicted molar refractivity (Wildman–Crippen MR) is 106 cm³/mol. The smallest absolute Gasteiger partial charge is 0.404 e. The topological polar surface area (TPSA) is 79.0 Å². The Morgan fingerprint density at radius 3 is 2.23 bits per heavy atom. The van der Waals surface area contributed by atoms with Gasteiger partial charge in [-0.2, -0.15) is 4.31 Å². The standard InChI is InChI=1S/C20H20F3N3O4S/c21-20(22,23)30-16-8-4-5-9-17(16)31(28,29)25-12-10-19(11-13-25)18(27)24-14-26(19)15-6-2-1-3-7-15/h1-9H,10-14H2,(H,24,27). The van der Waals surface area contributed by atoms with E-state index in [9.17, 15) is 26.4 Å². The molecule has 0 saturated carbocycles. The number of carbonyl (C=O) groups is 1. The quantitative estimate of drug-likeness (QED) is 0.767. The molecule has 2 aromatic rings. The van der Waals surface area contributed by atoms with Crippen molar-refractivity contribution in [2.24, 2.45) is 0 Å². The van der Waals surface area contributed by atoms with Crippen LogP contribution in [0.2, 0.25) is 0 Å². The number of benzene rings is 2. The molecule has 0 aromatic heterocycles. The first kappa shape index (κ1) is 21.4. The number of nitrogens with zero attached hydrogens (tertiary/aromatic N) is 2. The average Bonchev–Trinajstić information content (AvgIpc) is 3.04. The third kappa shape index (κ3) is 3.94. The Hall–Kier alpha value is -2.79. The summed E-state index contributed by atoms with van der Waals surface area (Å²) in [6.45, 7) is 0.275. The molecule has 2 aromatic carbocycles. The van der Waals surface area contributed by atoms with Gasteiger partial charge in [-0.05, 0) is 37.1 Å². The van der Waals surface area contributed by atoms with Crippen LogP contribution in [0.1, 0.15) is 12.8 Å². The highest BCUT2D eigenvalue weighted by atomic mass is 32.2. The molecule has 0 atom stereocenters. The first-order valence-electron chi connectivity index (χ1n) is 9.59. The summed E-state index contributed by atoms with van der Waals surface area (Å²) in [4.78, 5) is 14.1. The van der Waals surface area contributed by atoms with Gasteiger partial charge in [0, 0.05) is 18.8 Å². The molecule has 7 nitrogen and oxygen atoms in total. The zero-order valence-electron chi connectivity index (χ0n) is 16.3. The lowest BCUT2D eigenvalue weighted by Gasteiger charge is -2.42. The Bertz CT molecular complexity index is 1070. The van der Waals surface area contributed by atoms with E-state index in [4.69, 9.17) is 0 Å². The van der Waals surface area contributed by atoms with Gasteiger partial charge in [-0.25, -0.2) is 8.42 Å². The Labute approximate surface area is 177 Å². The normalized spacial score (nSPS) is 19.5. The van der Waals surface area contributed by atoms with E-state index in [1.165, 1.54) is 12.1 Å². The van der Waals surface area contributed by atoms with E-state index >= 15 is 0 Å². The van der Waals surface area contributed by atoms with Gasteiger partial charge in [-0.15, -0.1) is 13.2 Å². The number of hydrogen-bond donors (Lipinski definition) is 1. The van der Waals surface area contributed by atoms with Crippen LogP contribution in [0.3, 0.4) is 0 Å². The lowest BCUT2D eigenvalue weighted by atomic mass is 9.86. The molecule has 0 bridgehead atoms. The van der Waals surface area contributed by atoms with Crippen molar-refractivity contribution in [1.82, 2.24) is 9.62 Å². The molecule has 2 saturated heterocycles. The number of rotatable bonds is 4. The van der Waals surface area contributed by atoms with Crippen molar-refractivity contribution in [3.05, 3.63) is 54.6 Å². The summed E-state index contributed by atoms with van der Waals surface area (Å²) in [6, 6.07) is 14.0. The molecule has 166 valence electrons. The van der Waals surface area contributed by atoms with Crippen LogP contribution in [0.15, 0.2) is 59.5 Å². The average molecular weight is 455 g/mol. The van der Waals surface area contributed by atoms with Crippen LogP contribution in [0.25, 0.3) is 0 Å². The SMILES string of the molecule is O=C1NCN(c2ccccc2)C12CCN(S(=O)(=O)c1ccccc1OC(F)(F)F)CC2. The van der Waals surface area contributed by atoms with Crippen molar-refractivity contribution < 1.29 is 31.1 Å². The molecule has 2 aliphatic rings. The monoisotopic (exact) mass is 455 g/mol. The molecular formula is C20H20F3N3O4S. The maximum atomic E-state index is 13.1. The summed E-state index contributed by atoms with van der Waals surface area (Å²) in [6.07, 6.45) is -4.61. The predicted octanol–water partition coefficient (Wildman–Crippen LogP) is 2.70. The molecule has 0 radical (unpaired) electrons. The summed E-state index contributed by atoms with van der Waals surface area (Å²) < 4.78 is 69.4. The van der Waals surface area contributed by atoms with E-state index in [0.29, 0.717) is 6.67 Å². The number of nitrogens with one attached hydrogen (secondary N) is 1. The van der Waals surface area contributed by atoms with Gasteiger partial charge < -0.3 is 15.0 Å². The summed E-state index contributed by atoms with van der Waals surface area (Å²) >= 11 is 0. The van der Waals surface area contributed by atoms with Gasteiger partial charge in [0.2, 0.25) is 15.9 Å². The molecule has 0 unspecified atom stereocenters. The summed E-state index contributed by atoms with van der Waals surface area (Å²) in [7, 11) is -4.25. The molecule has 2 aliphatic heterocycles. The minimum atomic E-state index is -5.02. The van der Waals surface area contributed by atoms with Crippen molar-refractivity contribution in [3.63, 3.8) is 0 Å². The van der Waals surface area contributed by atoms with E-state index in [1.807, 2.05) is 35.2 Å². The zero-order valence-corrected chi connectivity index (χ0v) is 17.1. The Morgan fingerprint density at radius 1 is 0.968 bits per heavy atom. The van der Waals surface area contributed by atoms with Gasteiger partial charge in [0.1, 0.15) is 16.2 Å². The van der Waals surface area contributed by atoms with Crippen LogP contribution < -0.4 is 15.0 Å². The molecule has 2 fully saturated rings. The third-order valence-corrected chi connectivity index (χ3v) is 7.59. The first-order valence-corrected chi connectivity index (χ1v) is 11.0. The van der Waals surface area contributed by atoms with Crippen LogP contribution in [0.4, 0.5) is 18.9 Å². The fourth-order valence-electron chi connectivity index (χ4n) is 4.14. The van der Waals surface area contributed by atoms with Crippen molar-refractivity contribution in [1.29, 1.82) is 0 Å². The minimum Gasteiger partial charge on any atom is -0.404 e. The van der Waals surface area contributed by atoms with E-state index < -0.39 is 32.6 Å². The van der Waals surface area contributed by atoms with Gasteiger partial charge in [-0.1, -0.05) is 30.3 Å². The fraction of sp³-hybridized carbons (Fsp3) is 0.350. The largest absolute Gasteiger partial charge is 0.573 e. The van der Waals surface area contributed by atoms with Crippen molar-refractivity contribution in [3.8, 4) is 5.75 Å². The van der Waals surface area contributed by atoms with Crippen LogP contribution in [0, 0.1) is 0 Å². The van der Waals surface area contributed by atoms with Crippen molar-refractivity contribution >= 4 is 21.6 Å². The van der Waals surface area contributed by atoms with Gasteiger partial charge in [0.25, 0.3) is 0 Å². The van der Waals surface area contributed by atoms with Crippen LogP contribution >= 0.6 is 0 Å². The number of anilines is 1. The van der Waals surface area contributed by atoms with E-state index in [1.54, 1.807) is 0 Å². The molecule has 1 spiro atoms. The zero-order chi connectivity index (χ0) is 22.3. The second-order valence-electron chi connectivity index (χ2n) is 7.36. The van der Waals surface area contributed by atoms with E-state index in [2.05, 4.69) is 10.1 Å². The van der Waals surface area contributed by atoms with Crippen molar-refractivity contribution in [2.45, 2.75) is 29.6 Å². The summed E-state index contributed by atoms with van der Waals surface area (Å²) in [5.74, 6) is -0.964. The first-order chi connectivity index (χ1) is 14.6. The number of amides is 1. The molecule has 31 heavy (non-hydrogen) atoms. The molecule has 1 N–H and O–H groups in total. The number of carbonyl (C=O) groups excluding carboxylic acids is 1. The Balaban J connectivity index is 1.58.